The van der Waals surface area contributed by atoms with Gasteiger partial charge >= 0.3 is 0 Å². The molecule has 0 aliphatic rings. The molecule has 0 aliphatic heterocycles. The molecular weight excluding hydrogens is 314 g/mol. The molecule has 0 fully saturated rings. The number of nitrogens with one attached hydrogen (secondary N) is 1. The number of hydrogen-bond donors (Lipinski definition) is 1. The molecule has 3 nitrogen and oxygen atoms in total. The van der Waals surface area contributed by atoms with Crippen molar-refractivity contribution in [3.05, 3.63) is 58.1 Å². The Kier molecular flexibility index (Phi) is 4.89. The Morgan fingerprint density at radius 2 is 2.00 bits per heavy atom. The number of hydrogen-bond acceptors (Lipinski definition) is 3. The molecule has 0 saturated carbocycles. The van der Waals surface area contributed by atoms with Crippen LogP contribution in [0, 0.1) is 0 Å². The molecule has 0 unspecified atom stereocenters. The number of halogens is 1. The third-order valence-electron chi connectivity index (χ3n) is 2.81. The van der Waals surface area contributed by atoms with E-state index in [4.69, 9.17) is 0 Å². The second-order valence-electron chi connectivity index (χ2n) is 5.87. The zero-order valence-electron chi connectivity index (χ0n) is 12.2. The van der Waals surface area contributed by atoms with Crippen molar-refractivity contribution in [2.24, 2.45) is 0 Å². The minimum Gasteiger partial charge on any atom is -0.306 e. The minimum absolute atomic E-state index is 0.0927. The fourth-order valence-corrected chi connectivity index (χ4v) is 2.26. The molecule has 1 heterocycles. The van der Waals surface area contributed by atoms with Crippen molar-refractivity contribution in [1.29, 1.82) is 0 Å². The summed E-state index contributed by atoms with van der Waals surface area (Å²) in [5, 5.41) is 3.44. The average molecular weight is 334 g/mol. The fraction of sp³-hybridized carbons (Fsp3) is 0.375. The molecule has 0 amide bonds. The van der Waals surface area contributed by atoms with Gasteiger partial charge in [-0.2, -0.15) is 0 Å². The van der Waals surface area contributed by atoms with Crippen LogP contribution in [0.1, 0.15) is 37.9 Å². The highest BCUT2D eigenvalue weighted by atomic mass is 79.9. The fourth-order valence-electron chi connectivity index (χ4n) is 1.81. The number of nitrogens with zero attached hydrogens (tertiary/aromatic N) is 2. The molecule has 0 bridgehead atoms. The Morgan fingerprint density at radius 1 is 1.20 bits per heavy atom. The predicted molar refractivity (Wildman–Crippen MR) is 85.6 cm³/mol. The Bertz CT molecular complexity index is 576. The van der Waals surface area contributed by atoms with E-state index in [2.05, 4.69) is 64.1 Å². The van der Waals surface area contributed by atoms with Crippen molar-refractivity contribution >= 4 is 15.9 Å². The first-order chi connectivity index (χ1) is 9.42. The van der Waals surface area contributed by atoms with Gasteiger partial charge in [-0.3, -0.25) is 0 Å². The second-order valence-corrected chi connectivity index (χ2v) is 6.79. The Hall–Kier alpha value is -1.26. The zero-order valence-corrected chi connectivity index (χ0v) is 13.7. The van der Waals surface area contributed by atoms with Gasteiger partial charge in [0.15, 0.2) is 0 Å². The van der Waals surface area contributed by atoms with Gasteiger partial charge in [-0.15, -0.1) is 0 Å². The van der Waals surface area contributed by atoms with Gasteiger partial charge in [0.1, 0.15) is 5.82 Å². The highest BCUT2D eigenvalue weighted by Gasteiger charge is 2.09. The van der Waals surface area contributed by atoms with Crippen LogP contribution in [0.25, 0.3) is 0 Å². The summed E-state index contributed by atoms with van der Waals surface area (Å²) in [5.41, 5.74) is 2.33. The van der Waals surface area contributed by atoms with Crippen LogP contribution in [0.4, 0.5) is 0 Å². The van der Waals surface area contributed by atoms with E-state index in [0.29, 0.717) is 0 Å². The largest absolute Gasteiger partial charge is 0.306 e. The normalized spacial score (nSPS) is 11.6. The average Bonchev–Trinajstić information content (AvgIpc) is 2.36. The third kappa shape index (κ3) is 5.02. The molecule has 0 saturated heterocycles. The van der Waals surface area contributed by atoms with E-state index in [1.807, 2.05) is 24.4 Å². The molecule has 1 N–H and O–H groups in total. The molecule has 2 aromatic rings. The monoisotopic (exact) mass is 333 g/mol. The molecule has 20 heavy (non-hydrogen) atoms. The van der Waals surface area contributed by atoms with Crippen molar-refractivity contribution < 1.29 is 0 Å². The van der Waals surface area contributed by atoms with Gasteiger partial charge in [0.05, 0.1) is 5.69 Å². The van der Waals surface area contributed by atoms with E-state index in [-0.39, 0.29) is 5.54 Å². The van der Waals surface area contributed by atoms with E-state index in [1.54, 1.807) is 0 Å². The first-order valence-corrected chi connectivity index (χ1v) is 7.52. The molecule has 1 aromatic heterocycles. The van der Waals surface area contributed by atoms with Crippen molar-refractivity contribution in [2.45, 2.75) is 39.3 Å². The van der Waals surface area contributed by atoms with Crippen LogP contribution >= 0.6 is 15.9 Å². The van der Waals surface area contributed by atoms with Crippen LogP contribution in [0.15, 0.2) is 41.0 Å². The van der Waals surface area contributed by atoms with Crippen LogP contribution in [-0.2, 0) is 13.0 Å². The van der Waals surface area contributed by atoms with E-state index >= 15 is 0 Å². The quantitative estimate of drug-likeness (QED) is 0.926. The molecular formula is C16H20BrN3. The van der Waals surface area contributed by atoms with Gasteiger partial charge in [0.25, 0.3) is 0 Å². The molecule has 2 rings (SSSR count). The summed E-state index contributed by atoms with van der Waals surface area (Å²) in [6.45, 7) is 7.21. The van der Waals surface area contributed by atoms with Crippen molar-refractivity contribution in [2.75, 3.05) is 0 Å². The van der Waals surface area contributed by atoms with E-state index < -0.39 is 0 Å². The summed E-state index contributed by atoms with van der Waals surface area (Å²) in [4.78, 5) is 8.97. The van der Waals surface area contributed by atoms with Gasteiger partial charge in [0.2, 0.25) is 0 Å². The summed E-state index contributed by atoms with van der Waals surface area (Å²) < 4.78 is 1.08. The Balaban J connectivity index is 2.06. The van der Waals surface area contributed by atoms with Crippen LogP contribution in [0.2, 0.25) is 0 Å². The van der Waals surface area contributed by atoms with Crippen LogP contribution < -0.4 is 5.32 Å². The Labute approximate surface area is 129 Å². The maximum atomic E-state index is 4.61. The second kappa shape index (κ2) is 6.46. The molecule has 1 aromatic carbocycles. The number of rotatable bonds is 4. The van der Waals surface area contributed by atoms with Crippen LogP contribution in [0.3, 0.4) is 0 Å². The molecule has 0 spiro atoms. The van der Waals surface area contributed by atoms with Crippen molar-refractivity contribution in [1.82, 2.24) is 15.3 Å². The lowest BCUT2D eigenvalue weighted by molar-refractivity contribution is 0.420. The number of aromatic nitrogens is 2. The lowest BCUT2D eigenvalue weighted by Crippen LogP contribution is -2.35. The highest BCUT2D eigenvalue weighted by molar-refractivity contribution is 9.10. The topological polar surface area (TPSA) is 37.8 Å². The van der Waals surface area contributed by atoms with E-state index in [0.717, 1.165) is 29.0 Å². The standard InChI is InChI=1S/C16H20BrN3/c1-16(2,3)19-11-14-7-8-18-15(20-14)10-12-5-4-6-13(17)9-12/h4-9,19H,10-11H2,1-3H3. The highest BCUT2D eigenvalue weighted by Crippen LogP contribution is 2.14. The van der Waals surface area contributed by atoms with Crippen molar-refractivity contribution in [3.63, 3.8) is 0 Å². The first-order valence-electron chi connectivity index (χ1n) is 6.73. The summed E-state index contributed by atoms with van der Waals surface area (Å²) in [6.07, 6.45) is 2.59. The van der Waals surface area contributed by atoms with Crippen molar-refractivity contribution in [3.8, 4) is 0 Å². The summed E-state index contributed by atoms with van der Waals surface area (Å²) >= 11 is 3.49. The molecule has 0 aliphatic carbocycles. The van der Waals surface area contributed by atoms with Gasteiger partial charge in [0, 0.05) is 29.2 Å². The van der Waals surface area contributed by atoms with Gasteiger partial charge < -0.3 is 5.32 Å². The first kappa shape index (κ1) is 15.1. The zero-order chi connectivity index (χ0) is 14.6. The third-order valence-corrected chi connectivity index (χ3v) is 3.31. The summed E-state index contributed by atoms with van der Waals surface area (Å²) in [7, 11) is 0. The molecule has 106 valence electrons. The Morgan fingerprint density at radius 3 is 2.70 bits per heavy atom. The smallest absolute Gasteiger partial charge is 0.132 e. The van der Waals surface area contributed by atoms with E-state index in [9.17, 15) is 0 Å². The molecule has 4 heteroatoms. The molecule has 0 atom stereocenters. The van der Waals surface area contributed by atoms with Gasteiger partial charge in [-0.25, -0.2) is 9.97 Å². The maximum Gasteiger partial charge on any atom is 0.132 e. The van der Waals surface area contributed by atoms with E-state index in [1.165, 1.54) is 5.56 Å². The lowest BCUT2D eigenvalue weighted by atomic mass is 10.1. The summed E-state index contributed by atoms with van der Waals surface area (Å²) in [5.74, 6) is 0.858. The van der Waals surface area contributed by atoms with Crippen LogP contribution in [0.5, 0.6) is 0 Å². The maximum absolute atomic E-state index is 4.61. The minimum atomic E-state index is 0.0927. The summed E-state index contributed by atoms with van der Waals surface area (Å²) in [6, 6.07) is 10.2. The van der Waals surface area contributed by atoms with Gasteiger partial charge in [-0.05, 0) is 44.5 Å². The predicted octanol–water partition coefficient (Wildman–Crippen LogP) is 3.72. The SMILES string of the molecule is CC(C)(C)NCc1ccnc(Cc2cccc(Br)c2)n1. The van der Waals surface area contributed by atoms with Gasteiger partial charge in [-0.1, -0.05) is 28.1 Å². The lowest BCUT2D eigenvalue weighted by Gasteiger charge is -2.20. The van der Waals surface area contributed by atoms with Crippen LogP contribution in [-0.4, -0.2) is 15.5 Å². The number of benzene rings is 1. The molecule has 0 radical (unpaired) electrons.